The summed E-state index contributed by atoms with van der Waals surface area (Å²) in [6.45, 7) is 8.25. The molecular weight excluding hydrogens is 198 g/mol. The van der Waals surface area contributed by atoms with E-state index in [4.69, 9.17) is 4.74 Å². The Kier molecular flexibility index (Phi) is 6.34. The van der Waals surface area contributed by atoms with E-state index in [-0.39, 0.29) is 17.9 Å². The third kappa shape index (κ3) is 3.40. The van der Waals surface area contributed by atoms with Gasteiger partial charge in [-0.1, -0.05) is 34.1 Å². The molecule has 0 aromatic heterocycles. The van der Waals surface area contributed by atoms with Gasteiger partial charge in [-0.05, 0) is 12.8 Å². The Labute approximate surface area is 92.2 Å². The van der Waals surface area contributed by atoms with Crippen molar-refractivity contribution in [3.8, 4) is 0 Å². The average Bonchev–Trinajstić information content (AvgIpc) is 2.62. The molecule has 15 heavy (non-hydrogen) atoms. The molecule has 2 saturated carbocycles. The molecule has 2 unspecified atom stereocenters. The van der Waals surface area contributed by atoms with Crippen LogP contribution in [0.3, 0.4) is 0 Å². The van der Waals surface area contributed by atoms with Crippen LogP contribution in [0.25, 0.3) is 0 Å². The molecule has 3 heteroatoms. The van der Waals surface area contributed by atoms with Crippen LogP contribution in [0.1, 0.15) is 47.0 Å². The second-order valence-corrected chi connectivity index (χ2v) is 3.92. The van der Waals surface area contributed by atoms with Crippen molar-refractivity contribution in [1.29, 1.82) is 0 Å². The number of fused-ring (bicyclic) bond motifs is 1. The number of hydrogen-bond acceptors (Lipinski definition) is 1. The summed E-state index contributed by atoms with van der Waals surface area (Å²) < 4.78 is 30.0. The minimum atomic E-state index is -2.34. The fourth-order valence-corrected chi connectivity index (χ4v) is 1.96. The molecule has 0 bridgehead atoms. The molecular formula is C12H24F2O. The molecule has 0 spiro atoms. The van der Waals surface area contributed by atoms with Gasteiger partial charge in [0.05, 0.1) is 6.10 Å². The zero-order valence-electron chi connectivity index (χ0n) is 10.5. The van der Waals surface area contributed by atoms with Gasteiger partial charge < -0.3 is 4.74 Å². The van der Waals surface area contributed by atoms with Gasteiger partial charge >= 0.3 is 0 Å². The predicted molar refractivity (Wildman–Crippen MR) is 59.3 cm³/mol. The van der Waals surface area contributed by atoms with Crippen LogP contribution in [0.15, 0.2) is 0 Å². The first-order valence-electron chi connectivity index (χ1n) is 5.98. The van der Waals surface area contributed by atoms with E-state index in [1.165, 1.54) is 6.42 Å². The van der Waals surface area contributed by atoms with E-state index >= 15 is 0 Å². The highest BCUT2D eigenvalue weighted by Crippen LogP contribution is 2.64. The maximum absolute atomic E-state index is 12.5. The van der Waals surface area contributed by atoms with Crippen LogP contribution >= 0.6 is 0 Å². The van der Waals surface area contributed by atoms with Crippen LogP contribution < -0.4 is 0 Å². The average molecular weight is 222 g/mol. The standard InChI is InChI=1S/C7H10F2O.C3H8.C2H6/c1-10-4-2-5-6(3-4)7(5,8)9;1-3-2;1-2/h4-6H,2-3H2,1H3;3H2,1-2H3;1-2H3. The first-order chi connectivity index (χ1) is 7.07. The van der Waals surface area contributed by atoms with Crippen molar-refractivity contribution < 1.29 is 13.5 Å². The molecule has 0 radical (unpaired) electrons. The summed E-state index contributed by atoms with van der Waals surface area (Å²) >= 11 is 0. The maximum atomic E-state index is 12.5. The van der Waals surface area contributed by atoms with Crippen molar-refractivity contribution in [1.82, 2.24) is 0 Å². The normalized spacial score (nSPS) is 34.2. The molecule has 1 nitrogen and oxygen atoms in total. The van der Waals surface area contributed by atoms with Gasteiger partial charge in [-0.3, -0.25) is 0 Å². The maximum Gasteiger partial charge on any atom is 0.254 e. The first kappa shape index (κ1) is 14.8. The van der Waals surface area contributed by atoms with Crippen LogP contribution in [0.5, 0.6) is 0 Å². The smallest absolute Gasteiger partial charge is 0.254 e. The topological polar surface area (TPSA) is 9.23 Å². The Morgan fingerprint density at radius 1 is 1.13 bits per heavy atom. The molecule has 0 heterocycles. The molecule has 0 amide bonds. The zero-order chi connectivity index (χ0) is 12.1. The first-order valence-corrected chi connectivity index (χ1v) is 5.98. The molecule has 2 fully saturated rings. The molecule has 2 rings (SSSR count). The third-order valence-electron chi connectivity index (χ3n) is 2.73. The fourth-order valence-electron chi connectivity index (χ4n) is 1.96. The Morgan fingerprint density at radius 3 is 1.73 bits per heavy atom. The minimum Gasteiger partial charge on any atom is -0.381 e. The summed E-state index contributed by atoms with van der Waals surface area (Å²) in [5.74, 6) is -3.04. The third-order valence-corrected chi connectivity index (χ3v) is 2.73. The minimum absolute atomic E-state index is 0.106. The highest BCUT2D eigenvalue weighted by Gasteiger charge is 2.71. The quantitative estimate of drug-likeness (QED) is 0.648. The zero-order valence-corrected chi connectivity index (χ0v) is 10.5. The lowest BCUT2D eigenvalue weighted by Gasteiger charge is -2.10. The van der Waals surface area contributed by atoms with Crippen LogP contribution in [0, 0.1) is 11.8 Å². The van der Waals surface area contributed by atoms with Crippen molar-refractivity contribution in [3.63, 3.8) is 0 Å². The summed E-state index contributed by atoms with van der Waals surface area (Å²) in [6, 6.07) is 0. The lowest BCUT2D eigenvalue weighted by molar-refractivity contribution is 0.0235. The van der Waals surface area contributed by atoms with E-state index in [2.05, 4.69) is 13.8 Å². The van der Waals surface area contributed by atoms with Gasteiger partial charge in [0.1, 0.15) is 0 Å². The van der Waals surface area contributed by atoms with E-state index in [0.29, 0.717) is 12.8 Å². The highest BCUT2D eigenvalue weighted by atomic mass is 19.3. The monoisotopic (exact) mass is 222 g/mol. The van der Waals surface area contributed by atoms with Crippen LogP contribution in [-0.2, 0) is 4.74 Å². The second kappa shape index (κ2) is 6.41. The lowest BCUT2D eigenvalue weighted by Crippen LogP contribution is -2.13. The molecule has 2 aliphatic carbocycles. The van der Waals surface area contributed by atoms with Crippen molar-refractivity contribution in [3.05, 3.63) is 0 Å². The summed E-state index contributed by atoms with van der Waals surface area (Å²) in [6.07, 6.45) is 2.48. The molecule has 2 aliphatic rings. The molecule has 0 aliphatic heterocycles. The van der Waals surface area contributed by atoms with Gasteiger partial charge in [-0.2, -0.15) is 0 Å². The van der Waals surface area contributed by atoms with E-state index in [0.717, 1.165) is 0 Å². The van der Waals surface area contributed by atoms with Crippen LogP contribution in [0.2, 0.25) is 0 Å². The number of rotatable bonds is 1. The Bertz CT molecular complexity index is 157. The lowest BCUT2D eigenvalue weighted by atomic mass is 10.2. The second-order valence-electron chi connectivity index (χ2n) is 3.92. The van der Waals surface area contributed by atoms with Gasteiger partial charge in [0.15, 0.2) is 0 Å². The van der Waals surface area contributed by atoms with Gasteiger partial charge in [0.25, 0.3) is 5.92 Å². The van der Waals surface area contributed by atoms with Crippen molar-refractivity contribution in [2.45, 2.75) is 59.0 Å². The number of alkyl halides is 2. The SMILES string of the molecule is CC.CCC.COC1CC2C(C1)C2(F)F. The van der Waals surface area contributed by atoms with E-state index in [9.17, 15) is 8.78 Å². The Hall–Kier alpha value is -0.180. The van der Waals surface area contributed by atoms with Gasteiger partial charge in [0.2, 0.25) is 0 Å². The van der Waals surface area contributed by atoms with Crippen molar-refractivity contribution in [2.24, 2.45) is 11.8 Å². The number of halogens is 2. The molecule has 0 N–H and O–H groups in total. The van der Waals surface area contributed by atoms with Gasteiger partial charge in [0, 0.05) is 18.9 Å². The number of ether oxygens (including phenoxy) is 1. The van der Waals surface area contributed by atoms with Crippen LogP contribution in [0.4, 0.5) is 8.78 Å². The molecule has 0 saturated heterocycles. The number of hydrogen-bond donors (Lipinski definition) is 0. The highest BCUT2D eigenvalue weighted by molar-refractivity contribution is 5.11. The molecule has 2 atom stereocenters. The van der Waals surface area contributed by atoms with E-state index in [1.54, 1.807) is 7.11 Å². The summed E-state index contributed by atoms with van der Waals surface area (Å²) in [7, 11) is 1.59. The van der Waals surface area contributed by atoms with Gasteiger partial charge in [-0.15, -0.1) is 0 Å². The Morgan fingerprint density at radius 2 is 1.47 bits per heavy atom. The summed E-state index contributed by atoms with van der Waals surface area (Å²) in [5.41, 5.74) is 0. The van der Waals surface area contributed by atoms with Crippen molar-refractivity contribution in [2.75, 3.05) is 7.11 Å². The summed E-state index contributed by atoms with van der Waals surface area (Å²) in [4.78, 5) is 0. The van der Waals surface area contributed by atoms with Crippen LogP contribution in [-0.4, -0.2) is 19.1 Å². The molecule has 0 aromatic carbocycles. The Balaban J connectivity index is 0.000000342. The predicted octanol–water partition coefficient (Wildman–Crippen LogP) is 4.12. The van der Waals surface area contributed by atoms with Crippen molar-refractivity contribution >= 4 is 0 Å². The van der Waals surface area contributed by atoms with Gasteiger partial charge in [-0.25, -0.2) is 8.78 Å². The molecule has 92 valence electrons. The summed E-state index contributed by atoms with van der Waals surface area (Å²) in [5, 5.41) is 0. The largest absolute Gasteiger partial charge is 0.381 e. The van der Waals surface area contributed by atoms with E-state index in [1.807, 2.05) is 13.8 Å². The number of methoxy groups -OCH3 is 1. The fraction of sp³-hybridized carbons (Fsp3) is 1.00. The molecule has 0 aromatic rings. The van der Waals surface area contributed by atoms with E-state index < -0.39 is 5.92 Å².